The Labute approximate surface area is 125 Å². The third kappa shape index (κ3) is 3.46. The zero-order valence-electron chi connectivity index (χ0n) is 10.3. The molecule has 1 aromatic carbocycles. The summed E-state index contributed by atoms with van der Waals surface area (Å²) >= 11 is 1.87. The van der Waals surface area contributed by atoms with Crippen molar-refractivity contribution >= 4 is 38.6 Å². The third-order valence-corrected chi connectivity index (χ3v) is 5.65. The number of aromatic carboxylic acids is 1. The number of rotatable bonds is 5. The second-order valence-electron chi connectivity index (χ2n) is 4.69. The second-order valence-corrected chi connectivity index (χ2v) is 7.57. The number of hydrogen-bond acceptors (Lipinski definition) is 3. The van der Waals surface area contributed by atoms with Crippen molar-refractivity contribution in [1.29, 1.82) is 0 Å². The lowest BCUT2D eigenvalue weighted by Crippen LogP contribution is -2.34. The van der Waals surface area contributed by atoms with Gasteiger partial charge < -0.3 is 5.11 Å². The monoisotopic (exact) mass is 395 g/mol. The van der Waals surface area contributed by atoms with E-state index in [2.05, 4.69) is 4.72 Å². The molecule has 1 fully saturated rings. The fourth-order valence-electron chi connectivity index (χ4n) is 1.84. The van der Waals surface area contributed by atoms with Gasteiger partial charge in [-0.2, -0.15) is 0 Å². The van der Waals surface area contributed by atoms with Gasteiger partial charge in [0.25, 0.3) is 0 Å². The summed E-state index contributed by atoms with van der Waals surface area (Å²) in [6, 6.07) is 4.01. The summed E-state index contributed by atoms with van der Waals surface area (Å²) < 4.78 is 27.4. The Bertz CT molecular complexity index is 610. The van der Waals surface area contributed by atoms with Crippen molar-refractivity contribution in [3.8, 4) is 0 Å². The molecular weight excluding hydrogens is 381 g/mol. The van der Waals surface area contributed by atoms with Gasteiger partial charge in [0, 0.05) is 9.61 Å². The first-order valence-electron chi connectivity index (χ1n) is 5.86. The van der Waals surface area contributed by atoms with Gasteiger partial charge in [-0.1, -0.05) is 0 Å². The molecule has 0 bridgehead atoms. The lowest BCUT2D eigenvalue weighted by atomic mass is 10.2. The molecule has 19 heavy (non-hydrogen) atoms. The minimum Gasteiger partial charge on any atom is -0.478 e. The van der Waals surface area contributed by atoms with Crippen LogP contribution in [0.4, 0.5) is 0 Å². The zero-order valence-corrected chi connectivity index (χ0v) is 13.2. The number of hydrogen-bond donors (Lipinski definition) is 2. The van der Waals surface area contributed by atoms with E-state index in [9.17, 15) is 13.2 Å². The molecule has 1 unspecified atom stereocenters. The van der Waals surface area contributed by atoms with Crippen LogP contribution in [0.25, 0.3) is 0 Å². The van der Waals surface area contributed by atoms with Gasteiger partial charge in [-0.05, 0) is 66.5 Å². The Balaban J connectivity index is 2.29. The van der Waals surface area contributed by atoms with Crippen molar-refractivity contribution in [3.05, 3.63) is 27.3 Å². The minimum atomic E-state index is -3.65. The van der Waals surface area contributed by atoms with E-state index in [1.54, 1.807) is 0 Å². The zero-order chi connectivity index (χ0) is 14.2. The predicted octanol–water partition coefficient (Wildman–Crippen LogP) is 2.07. The molecule has 0 saturated heterocycles. The topological polar surface area (TPSA) is 83.5 Å². The van der Waals surface area contributed by atoms with Crippen LogP contribution < -0.4 is 4.72 Å². The van der Waals surface area contributed by atoms with E-state index < -0.39 is 16.0 Å². The smallest absolute Gasteiger partial charge is 0.336 e. The number of benzene rings is 1. The molecule has 104 valence electrons. The Kier molecular flexibility index (Phi) is 4.17. The highest BCUT2D eigenvalue weighted by Gasteiger charge is 2.31. The highest BCUT2D eigenvalue weighted by Crippen LogP contribution is 2.33. The number of carboxylic acid groups (broad SMARTS) is 1. The number of carbonyl (C=O) groups is 1. The molecule has 1 aromatic rings. The summed E-state index contributed by atoms with van der Waals surface area (Å²) in [7, 11) is -3.65. The maximum absolute atomic E-state index is 12.2. The maximum Gasteiger partial charge on any atom is 0.336 e. The van der Waals surface area contributed by atoms with Crippen LogP contribution in [0, 0.1) is 9.49 Å². The van der Waals surface area contributed by atoms with Gasteiger partial charge in [0.05, 0.1) is 10.5 Å². The van der Waals surface area contributed by atoms with Gasteiger partial charge in [0.1, 0.15) is 0 Å². The van der Waals surface area contributed by atoms with E-state index in [0.717, 1.165) is 12.8 Å². The van der Waals surface area contributed by atoms with Gasteiger partial charge in [-0.15, -0.1) is 0 Å². The Morgan fingerprint density at radius 2 is 2.11 bits per heavy atom. The van der Waals surface area contributed by atoms with Crippen molar-refractivity contribution in [2.75, 3.05) is 0 Å². The van der Waals surface area contributed by atoms with E-state index in [0.29, 0.717) is 9.49 Å². The van der Waals surface area contributed by atoms with Crippen molar-refractivity contribution in [3.63, 3.8) is 0 Å². The van der Waals surface area contributed by atoms with E-state index in [4.69, 9.17) is 5.11 Å². The van der Waals surface area contributed by atoms with Crippen LogP contribution in [0.2, 0.25) is 0 Å². The normalized spacial score (nSPS) is 17.2. The average Bonchev–Trinajstić information content (AvgIpc) is 3.11. The molecule has 2 N–H and O–H groups in total. The van der Waals surface area contributed by atoms with Crippen LogP contribution in [0.15, 0.2) is 23.1 Å². The molecule has 7 heteroatoms. The molecule has 0 aliphatic heterocycles. The summed E-state index contributed by atoms with van der Waals surface area (Å²) in [5, 5.41) is 9.02. The molecule has 0 amide bonds. The molecule has 0 aromatic heterocycles. The highest BCUT2D eigenvalue weighted by molar-refractivity contribution is 14.1. The molecule has 2 rings (SSSR count). The molecule has 1 saturated carbocycles. The van der Waals surface area contributed by atoms with E-state index in [1.807, 2.05) is 29.5 Å². The number of sulfonamides is 1. The first-order chi connectivity index (χ1) is 8.81. The van der Waals surface area contributed by atoms with Crippen LogP contribution >= 0.6 is 22.6 Å². The molecule has 1 atom stereocenters. The molecule has 1 aliphatic rings. The molecule has 0 spiro atoms. The van der Waals surface area contributed by atoms with E-state index in [1.165, 1.54) is 18.2 Å². The first kappa shape index (κ1) is 14.7. The van der Waals surface area contributed by atoms with Gasteiger partial charge in [-0.3, -0.25) is 0 Å². The summed E-state index contributed by atoms with van der Waals surface area (Å²) in [6.07, 6.45) is 2.08. The number of halogens is 1. The Hall–Kier alpha value is -0.670. The minimum absolute atomic E-state index is 0.00202. The Morgan fingerprint density at radius 3 is 2.63 bits per heavy atom. The molecule has 1 aliphatic carbocycles. The molecule has 5 nitrogen and oxygen atoms in total. The molecular formula is C12H14INO4S. The van der Waals surface area contributed by atoms with Crippen LogP contribution in [-0.4, -0.2) is 25.5 Å². The van der Waals surface area contributed by atoms with Crippen LogP contribution in [0.1, 0.15) is 30.1 Å². The van der Waals surface area contributed by atoms with Gasteiger partial charge in [-0.25, -0.2) is 17.9 Å². The molecule has 0 heterocycles. The van der Waals surface area contributed by atoms with Crippen molar-refractivity contribution in [2.45, 2.75) is 30.7 Å². The summed E-state index contributed by atoms with van der Waals surface area (Å²) in [6.45, 7) is 1.83. The van der Waals surface area contributed by atoms with Gasteiger partial charge in [0.2, 0.25) is 10.0 Å². The van der Waals surface area contributed by atoms with Crippen molar-refractivity contribution in [1.82, 2.24) is 4.72 Å². The van der Waals surface area contributed by atoms with Gasteiger partial charge >= 0.3 is 5.97 Å². The lowest BCUT2D eigenvalue weighted by molar-refractivity contribution is 0.0695. The van der Waals surface area contributed by atoms with E-state index >= 15 is 0 Å². The van der Waals surface area contributed by atoms with Gasteiger partial charge in [0.15, 0.2) is 0 Å². The lowest BCUT2D eigenvalue weighted by Gasteiger charge is -2.13. The van der Waals surface area contributed by atoms with Crippen LogP contribution in [-0.2, 0) is 10.0 Å². The average molecular weight is 395 g/mol. The largest absolute Gasteiger partial charge is 0.478 e. The Morgan fingerprint density at radius 1 is 1.47 bits per heavy atom. The van der Waals surface area contributed by atoms with Crippen molar-refractivity contribution < 1.29 is 18.3 Å². The number of nitrogens with one attached hydrogen (secondary N) is 1. The summed E-state index contributed by atoms with van der Waals surface area (Å²) in [5.74, 6) is -0.728. The second kappa shape index (κ2) is 5.37. The maximum atomic E-state index is 12.2. The van der Waals surface area contributed by atoms with E-state index in [-0.39, 0.29) is 16.5 Å². The molecule has 0 radical (unpaired) electrons. The summed E-state index contributed by atoms with van der Waals surface area (Å²) in [4.78, 5) is 11.0. The number of carboxylic acids is 1. The standard InChI is InChI=1S/C12H14INO4S/c1-7(8-2-3-8)14-19(17,18)9-4-5-11(13)10(6-9)12(15)16/h4-8,14H,2-3H2,1H3,(H,15,16). The summed E-state index contributed by atoms with van der Waals surface area (Å²) in [5.41, 5.74) is 0.00236. The van der Waals surface area contributed by atoms with Crippen LogP contribution in [0.3, 0.4) is 0 Å². The third-order valence-electron chi connectivity index (χ3n) is 3.15. The highest BCUT2D eigenvalue weighted by atomic mass is 127. The fourth-order valence-corrected chi connectivity index (χ4v) is 3.75. The first-order valence-corrected chi connectivity index (χ1v) is 8.42. The predicted molar refractivity (Wildman–Crippen MR) is 78.6 cm³/mol. The SMILES string of the molecule is CC(NS(=O)(=O)c1ccc(I)c(C(=O)O)c1)C1CC1. The van der Waals surface area contributed by atoms with Crippen molar-refractivity contribution in [2.24, 2.45) is 5.92 Å². The van der Waals surface area contributed by atoms with Crippen LogP contribution in [0.5, 0.6) is 0 Å². The fraction of sp³-hybridized carbons (Fsp3) is 0.417. The quantitative estimate of drug-likeness (QED) is 0.748.